The van der Waals surface area contributed by atoms with Gasteiger partial charge >= 0.3 is 6.18 Å². The average Bonchev–Trinajstić information content (AvgIpc) is 2.52. The summed E-state index contributed by atoms with van der Waals surface area (Å²) in [6.07, 6.45) is -4.31. The molecule has 2 aromatic rings. The number of alkyl halides is 3. The van der Waals surface area contributed by atoms with E-state index in [2.05, 4.69) is 0 Å². The lowest BCUT2D eigenvalue weighted by atomic mass is 10.2. The van der Waals surface area contributed by atoms with Crippen molar-refractivity contribution in [3.05, 3.63) is 52.8 Å². The van der Waals surface area contributed by atoms with Crippen molar-refractivity contribution in [2.45, 2.75) is 26.9 Å². The summed E-state index contributed by atoms with van der Waals surface area (Å²) in [5.41, 5.74) is 2.90. The highest BCUT2D eigenvalue weighted by molar-refractivity contribution is 5.43. The topological polar surface area (TPSA) is 4.93 Å². The van der Waals surface area contributed by atoms with Crippen molar-refractivity contribution in [3.63, 3.8) is 0 Å². The summed E-state index contributed by atoms with van der Waals surface area (Å²) in [5, 5.41) is 0. The van der Waals surface area contributed by atoms with Crippen LogP contribution in [-0.4, -0.2) is 4.57 Å². The first kappa shape index (κ1) is 12.7. The molecule has 0 radical (unpaired) electrons. The van der Waals surface area contributed by atoms with Crippen LogP contribution in [0.5, 0.6) is 0 Å². The zero-order chi connectivity index (χ0) is 13.5. The summed E-state index contributed by atoms with van der Waals surface area (Å²) in [6, 6.07) is 7.36. The maximum atomic E-state index is 12.7. The van der Waals surface area contributed by atoms with E-state index in [1.807, 2.05) is 31.4 Å². The molecule has 0 saturated heterocycles. The zero-order valence-electron chi connectivity index (χ0n) is 10.5. The largest absolute Gasteiger partial charge is 0.416 e. The molecule has 0 spiro atoms. The van der Waals surface area contributed by atoms with Crippen LogP contribution in [-0.2, 0) is 6.18 Å². The van der Waals surface area contributed by atoms with Crippen LogP contribution in [0, 0.1) is 20.8 Å². The van der Waals surface area contributed by atoms with Gasteiger partial charge in [-0.1, -0.05) is 6.07 Å². The van der Waals surface area contributed by atoms with Crippen molar-refractivity contribution < 1.29 is 13.2 Å². The minimum Gasteiger partial charge on any atom is -0.318 e. The summed E-state index contributed by atoms with van der Waals surface area (Å²) < 4.78 is 39.9. The Hall–Kier alpha value is -1.71. The van der Waals surface area contributed by atoms with Crippen LogP contribution in [0.4, 0.5) is 13.2 Å². The van der Waals surface area contributed by atoms with E-state index < -0.39 is 11.7 Å². The lowest BCUT2D eigenvalue weighted by Gasteiger charge is -2.13. The van der Waals surface area contributed by atoms with Gasteiger partial charge in [-0.15, -0.1) is 0 Å². The fraction of sp³-hybridized carbons (Fsp3) is 0.286. The van der Waals surface area contributed by atoms with Crippen LogP contribution in [0.25, 0.3) is 5.69 Å². The number of rotatable bonds is 1. The second-order valence-electron chi connectivity index (χ2n) is 4.44. The molecule has 0 unspecified atom stereocenters. The van der Waals surface area contributed by atoms with Crippen molar-refractivity contribution >= 4 is 0 Å². The van der Waals surface area contributed by atoms with Crippen LogP contribution in [0.1, 0.15) is 22.5 Å². The minimum absolute atomic E-state index is 0.549. The highest BCUT2D eigenvalue weighted by Crippen LogP contribution is 2.31. The highest BCUT2D eigenvalue weighted by atomic mass is 19.4. The maximum absolute atomic E-state index is 12.7. The lowest BCUT2D eigenvalue weighted by Crippen LogP contribution is -2.07. The first-order chi connectivity index (χ1) is 8.30. The molecule has 96 valence electrons. The van der Waals surface area contributed by atoms with Crippen molar-refractivity contribution in [1.82, 2.24) is 4.57 Å². The predicted molar refractivity (Wildman–Crippen MR) is 65.0 cm³/mol. The zero-order valence-corrected chi connectivity index (χ0v) is 10.5. The molecule has 0 N–H and O–H groups in total. The van der Waals surface area contributed by atoms with Gasteiger partial charge in [0.15, 0.2) is 0 Å². The molecule has 1 aromatic carbocycles. The summed E-state index contributed by atoms with van der Waals surface area (Å²) in [4.78, 5) is 0. The number of hydrogen-bond donors (Lipinski definition) is 0. The molecule has 0 fully saturated rings. The number of hydrogen-bond acceptors (Lipinski definition) is 0. The van der Waals surface area contributed by atoms with Crippen LogP contribution in [0.3, 0.4) is 0 Å². The summed E-state index contributed by atoms with van der Waals surface area (Å²) in [5.74, 6) is 0. The quantitative estimate of drug-likeness (QED) is 0.709. The first-order valence-corrected chi connectivity index (χ1v) is 5.64. The predicted octanol–water partition coefficient (Wildman–Crippen LogP) is 4.42. The highest BCUT2D eigenvalue weighted by Gasteiger charge is 2.30. The van der Waals surface area contributed by atoms with Gasteiger partial charge in [0.1, 0.15) is 0 Å². The Kier molecular flexibility index (Phi) is 2.97. The Bertz CT molecular complexity index is 579. The van der Waals surface area contributed by atoms with E-state index in [-0.39, 0.29) is 0 Å². The Morgan fingerprint density at radius 2 is 1.67 bits per heavy atom. The van der Waals surface area contributed by atoms with E-state index in [0.717, 1.165) is 23.0 Å². The number of aromatic nitrogens is 1. The van der Waals surface area contributed by atoms with Crippen LogP contribution < -0.4 is 0 Å². The van der Waals surface area contributed by atoms with E-state index >= 15 is 0 Å². The van der Waals surface area contributed by atoms with Crippen LogP contribution in [0.2, 0.25) is 0 Å². The number of halogens is 3. The lowest BCUT2D eigenvalue weighted by molar-refractivity contribution is -0.137. The van der Waals surface area contributed by atoms with E-state index in [9.17, 15) is 13.2 Å². The third kappa shape index (κ3) is 2.15. The molecule has 2 rings (SSSR count). The van der Waals surface area contributed by atoms with Crippen molar-refractivity contribution in [1.29, 1.82) is 0 Å². The fourth-order valence-electron chi connectivity index (χ4n) is 2.14. The third-order valence-electron chi connectivity index (χ3n) is 3.12. The summed E-state index contributed by atoms with van der Waals surface area (Å²) in [7, 11) is 0. The molecule has 0 atom stereocenters. The normalized spacial score (nSPS) is 11.9. The smallest absolute Gasteiger partial charge is 0.318 e. The van der Waals surface area contributed by atoms with Gasteiger partial charge in [-0.3, -0.25) is 0 Å². The Labute approximate surface area is 104 Å². The standard InChI is InChI=1S/C14H14F3N/c1-9-7-10(2)18(11(9)3)13-6-4-5-12(8-13)14(15,16)17/h4-8H,1-3H3. The molecule has 0 aliphatic carbocycles. The Morgan fingerprint density at radius 1 is 1.00 bits per heavy atom. The van der Waals surface area contributed by atoms with Gasteiger partial charge in [0.05, 0.1) is 5.56 Å². The Balaban J connectivity index is 2.58. The summed E-state index contributed by atoms with van der Waals surface area (Å²) >= 11 is 0. The van der Waals surface area contributed by atoms with Gasteiger partial charge in [0.25, 0.3) is 0 Å². The monoisotopic (exact) mass is 253 g/mol. The molecule has 1 heterocycles. The van der Waals surface area contributed by atoms with Gasteiger partial charge in [-0.25, -0.2) is 0 Å². The third-order valence-corrected chi connectivity index (χ3v) is 3.12. The van der Waals surface area contributed by atoms with E-state index in [1.54, 1.807) is 6.07 Å². The van der Waals surface area contributed by atoms with Crippen LogP contribution in [0.15, 0.2) is 30.3 Å². The minimum atomic E-state index is -4.31. The number of aryl methyl sites for hydroxylation is 2. The second-order valence-corrected chi connectivity index (χ2v) is 4.44. The Morgan fingerprint density at radius 3 is 2.17 bits per heavy atom. The number of nitrogens with zero attached hydrogens (tertiary/aromatic N) is 1. The molecule has 18 heavy (non-hydrogen) atoms. The summed E-state index contributed by atoms with van der Waals surface area (Å²) in [6.45, 7) is 5.75. The van der Waals surface area contributed by atoms with Gasteiger partial charge in [0.2, 0.25) is 0 Å². The van der Waals surface area contributed by atoms with E-state index in [4.69, 9.17) is 0 Å². The molecule has 4 heteroatoms. The van der Waals surface area contributed by atoms with Gasteiger partial charge in [0, 0.05) is 17.1 Å². The average molecular weight is 253 g/mol. The molecule has 0 saturated carbocycles. The molecule has 1 aromatic heterocycles. The van der Waals surface area contributed by atoms with E-state index in [1.165, 1.54) is 12.1 Å². The molecular weight excluding hydrogens is 239 g/mol. The molecule has 0 aliphatic heterocycles. The fourth-order valence-corrected chi connectivity index (χ4v) is 2.14. The van der Waals surface area contributed by atoms with Crippen LogP contribution >= 0.6 is 0 Å². The molecule has 0 aliphatic rings. The van der Waals surface area contributed by atoms with Gasteiger partial charge in [-0.05, 0) is 50.6 Å². The SMILES string of the molecule is Cc1cc(C)n(-c2cccc(C(F)(F)F)c2)c1C. The molecule has 1 nitrogen and oxygen atoms in total. The van der Waals surface area contributed by atoms with Gasteiger partial charge < -0.3 is 4.57 Å². The van der Waals surface area contributed by atoms with Crippen molar-refractivity contribution in [2.24, 2.45) is 0 Å². The van der Waals surface area contributed by atoms with Crippen molar-refractivity contribution in [3.8, 4) is 5.69 Å². The first-order valence-electron chi connectivity index (χ1n) is 5.64. The maximum Gasteiger partial charge on any atom is 0.416 e. The van der Waals surface area contributed by atoms with E-state index in [0.29, 0.717) is 5.69 Å². The number of benzene rings is 1. The van der Waals surface area contributed by atoms with Gasteiger partial charge in [-0.2, -0.15) is 13.2 Å². The molecule has 0 amide bonds. The second kappa shape index (κ2) is 4.19. The molecular formula is C14H14F3N. The van der Waals surface area contributed by atoms with Crippen molar-refractivity contribution in [2.75, 3.05) is 0 Å². The molecule has 0 bridgehead atoms.